The molecular weight excluding hydrogens is 337 g/mol. The van der Waals surface area contributed by atoms with Gasteiger partial charge in [-0.2, -0.15) is 4.98 Å². The fraction of sp³-hybridized carbons (Fsp3) is 0.211. The molecule has 0 saturated carbocycles. The zero-order chi connectivity index (χ0) is 18.4. The molecule has 0 amide bonds. The van der Waals surface area contributed by atoms with E-state index in [0.29, 0.717) is 41.3 Å². The van der Waals surface area contributed by atoms with Crippen LogP contribution in [0.3, 0.4) is 0 Å². The molecule has 0 aliphatic carbocycles. The average Bonchev–Trinajstić information content (AvgIpc) is 3.09. The molecule has 1 heterocycles. The molecule has 3 rings (SSSR count). The largest absolute Gasteiger partial charge is 0.497 e. The molecule has 3 aromatic rings. The van der Waals surface area contributed by atoms with E-state index in [0.717, 1.165) is 11.3 Å². The average molecular weight is 357 g/mol. The number of anilines is 1. The molecule has 0 aliphatic rings. The summed E-state index contributed by atoms with van der Waals surface area (Å²) in [6.07, 6.45) is 0.466. The maximum Gasteiger partial charge on any atom is 0.295 e. The lowest BCUT2D eigenvalue weighted by atomic mass is 10.2. The Labute approximate surface area is 150 Å². The van der Waals surface area contributed by atoms with E-state index < -0.39 is 0 Å². The third-order valence-electron chi connectivity index (χ3n) is 3.78. The predicted octanol–water partition coefficient (Wildman–Crippen LogP) is 3.64. The molecule has 0 atom stereocenters. The molecule has 0 radical (unpaired) electrons. The molecule has 0 saturated heterocycles. The third-order valence-corrected chi connectivity index (χ3v) is 3.78. The molecule has 0 fully saturated rings. The van der Waals surface area contributed by atoms with Gasteiger partial charge < -0.3 is 24.9 Å². The van der Waals surface area contributed by atoms with Crippen LogP contribution in [-0.4, -0.2) is 25.2 Å². The minimum Gasteiger partial charge on any atom is -0.497 e. The Morgan fingerprint density at radius 1 is 1.27 bits per heavy atom. The van der Waals surface area contributed by atoms with Crippen LogP contribution in [0.1, 0.15) is 5.56 Å². The van der Waals surface area contributed by atoms with Gasteiger partial charge in [-0.05, 0) is 29.8 Å². The van der Waals surface area contributed by atoms with Crippen molar-refractivity contribution in [3.8, 4) is 11.5 Å². The lowest BCUT2D eigenvalue weighted by molar-refractivity contribution is 0.347. The fourth-order valence-corrected chi connectivity index (χ4v) is 2.34. The summed E-state index contributed by atoms with van der Waals surface area (Å²) in [4.78, 5) is 4.38. The number of methoxy groups -OCH3 is 1. The topological polar surface area (TPSA) is 82.5 Å². The lowest BCUT2D eigenvalue weighted by Gasteiger charge is -2.06. The van der Waals surface area contributed by atoms with E-state index >= 15 is 0 Å². The summed E-state index contributed by atoms with van der Waals surface area (Å²) >= 11 is 0. The van der Waals surface area contributed by atoms with Gasteiger partial charge in [0.2, 0.25) is 0 Å². The van der Waals surface area contributed by atoms with Gasteiger partial charge in [0.1, 0.15) is 23.6 Å². The Morgan fingerprint density at radius 3 is 2.92 bits per heavy atom. The van der Waals surface area contributed by atoms with E-state index in [2.05, 4.69) is 10.3 Å². The molecule has 2 aromatic carbocycles. The number of oxazole rings is 1. The Morgan fingerprint density at radius 2 is 2.15 bits per heavy atom. The van der Waals surface area contributed by atoms with Crippen LogP contribution in [0.25, 0.3) is 11.1 Å². The van der Waals surface area contributed by atoms with Crippen LogP contribution in [0, 0.1) is 0 Å². The monoisotopic (exact) mass is 357 g/mol. The second kappa shape index (κ2) is 8.35. The molecule has 136 valence electrons. The molecule has 7 heteroatoms. The predicted molar refractivity (Wildman–Crippen MR) is 98.1 cm³/mol. The summed E-state index contributed by atoms with van der Waals surface area (Å²) < 4.78 is 28.9. The SMILES string of the molecule is COc1cccc(CNc2nc3ccc(OC/C(=C/F)CN)cc3o2)c1. The maximum absolute atomic E-state index is 12.5. The minimum atomic E-state index is 0.0909. The standard InChI is InChI=1S/C19H20FN3O3/c1-24-15-4-2-3-13(7-15)11-22-19-23-17-6-5-16(8-18(17)26-19)25-12-14(9-20)10-21/h2-9H,10-12,21H2,1H3,(H,22,23)/b14-9+. The first-order valence-electron chi connectivity index (χ1n) is 8.10. The summed E-state index contributed by atoms with van der Waals surface area (Å²) in [5.41, 5.74) is 8.11. The summed E-state index contributed by atoms with van der Waals surface area (Å²) in [5, 5.41) is 3.14. The number of hydrogen-bond donors (Lipinski definition) is 2. The van der Waals surface area contributed by atoms with E-state index in [-0.39, 0.29) is 13.2 Å². The van der Waals surface area contributed by atoms with E-state index in [4.69, 9.17) is 19.6 Å². The van der Waals surface area contributed by atoms with Crippen LogP contribution in [0.15, 0.2) is 58.8 Å². The van der Waals surface area contributed by atoms with Gasteiger partial charge in [0, 0.05) is 24.7 Å². The van der Waals surface area contributed by atoms with Crippen LogP contribution < -0.4 is 20.5 Å². The van der Waals surface area contributed by atoms with Crippen molar-refractivity contribution in [2.75, 3.05) is 25.6 Å². The van der Waals surface area contributed by atoms with Crippen LogP contribution in [0.4, 0.5) is 10.4 Å². The van der Waals surface area contributed by atoms with Crippen LogP contribution in [-0.2, 0) is 6.54 Å². The van der Waals surface area contributed by atoms with Crippen LogP contribution in [0.5, 0.6) is 11.5 Å². The first-order chi connectivity index (χ1) is 12.7. The molecule has 3 N–H and O–H groups in total. The highest BCUT2D eigenvalue weighted by atomic mass is 19.1. The Balaban J connectivity index is 1.66. The summed E-state index contributed by atoms with van der Waals surface area (Å²) in [6, 6.07) is 13.4. The normalized spacial score (nSPS) is 11.6. The number of hydrogen-bond acceptors (Lipinski definition) is 6. The van der Waals surface area contributed by atoms with E-state index in [1.807, 2.05) is 24.3 Å². The first-order valence-corrected chi connectivity index (χ1v) is 8.10. The van der Waals surface area contributed by atoms with Gasteiger partial charge in [0.15, 0.2) is 5.58 Å². The van der Waals surface area contributed by atoms with Crippen molar-refractivity contribution in [1.29, 1.82) is 0 Å². The van der Waals surface area contributed by atoms with Gasteiger partial charge in [-0.3, -0.25) is 0 Å². The Kier molecular flexibility index (Phi) is 5.70. The Hall–Kier alpha value is -3.06. The highest BCUT2D eigenvalue weighted by molar-refractivity contribution is 5.76. The Bertz CT molecular complexity index is 908. The van der Waals surface area contributed by atoms with Crippen LogP contribution in [0.2, 0.25) is 0 Å². The van der Waals surface area contributed by atoms with Gasteiger partial charge in [0.05, 0.1) is 13.4 Å². The van der Waals surface area contributed by atoms with Crippen molar-refractivity contribution in [2.24, 2.45) is 5.73 Å². The van der Waals surface area contributed by atoms with Gasteiger partial charge in [-0.25, -0.2) is 4.39 Å². The number of aromatic nitrogens is 1. The second-order valence-corrected chi connectivity index (χ2v) is 5.61. The number of benzene rings is 2. The number of nitrogens with zero attached hydrogens (tertiary/aromatic N) is 1. The molecule has 0 unspecified atom stereocenters. The minimum absolute atomic E-state index is 0.0909. The lowest BCUT2D eigenvalue weighted by Crippen LogP contribution is -2.10. The summed E-state index contributed by atoms with van der Waals surface area (Å²) in [7, 11) is 1.63. The fourth-order valence-electron chi connectivity index (χ4n) is 2.34. The second-order valence-electron chi connectivity index (χ2n) is 5.61. The van der Waals surface area contributed by atoms with Crippen LogP contribution >= 0.6 is 0 Å². The number of fused-ring (bicyclic) bond motifs is 1. The van der Waals surface area contributed by atoms with Crippen molar-refractivity contribution < 1.29 is 18.3 Å². The number of halogens is 1. The highest BCUT2D eigenvalue weighted by Gasteiger charge is 2.08. The molecular formula is C19H20FN3O3. The molecule has 6 nitrogen and oxygen atoms in total. The first kappa shape index (κ1) is 17.8. The maximum atomic E-state index is 12.5. The van der Waals surface area contributed by atoms with Crippen molar-refractivity contribution in [2.45, 2.75) is 6.54 Å². The van der Waals surface area contributed by atoms with Gasteiger partial charge in [0.25, 0.3) is 6.01 Å². The molecule has 1 aromatic heterocycles. The van der Waals surface area contributed by atoms with E-state index in [1.165, 1.54) is 0 Å². The van der Waals surface area contributed by atoms with Crippen molar-refractivity contribution in [1.82, 2.24) is 4.98 Å². The van der Waals surface area contributed by atoms with Crippen molar-refractivity contribution in [3.63, 3.8) is 0 Å². The van der Waals surface area contributed by atoms with E-state index in [9.17, 15) is 4.39 Å². The van der Waals surface area contributed by atoms with E-state index in [1.54, 1.807) is 25.3 Å². The smallest absolute Gasteiger partial charge is 0.295 e. The van der Waals surface area contributed by atoms with Gasteiger partial charge in [-0.15, -0.1) is 0 Å². The number of ether oxygens (including phenoxy) is 2. The van der Waals surface area contributed by atoms with Crippen molar-refractivity contribution in [3.05, 3.63) is 59.9 Å². The summed E-state index contributed by atoms with van der Waals surface area (Å²) in [5.74, 6) is 1.35. The zero-order valence-corrected chi connectivity index (χ0v) is 14.4. The quantitative estimate of drug-likeness (QED) is 0.640. The third kappa shape index (κ3) is 4.31. The number of nitrogens with one attached hydrogen (secondary N) is 1. The molecule has 26 heavy (non-hydrogen) atoms. The van der Waals surface area contributed by atoms with Gasteiger partial charge >= 0.3 is 0 Å². The highest BCUT2D eigenvalue weighted by Crippen LogP contribution is 2.24. The number of nitrogens with two attached hydrogens (primary N) is 1. The zero-order valence-electron chi connectivity index (χ0n) is 14.4. The molecule has 0 bridgehead atoms. The van der Waals surface area contributed by atoms with Crippen molar-refractivity contribution >= 4 is 17.1 Å². The van der Waals surface area contributed by atoms with Gasteiger partial charge in [-0.1, -0.05) is 12.1 Å². The summed E-state index contributed by atoms with van der Waals surface area (Å²) in [6.45, 7) is 0.752. The number of rotatable bonds is 8. The molecule has 0 spiro atoms. The molecule has 0 aliphatic heterocycles.